The van der Waals surface area contributed by atoms with Crippen LogP contribution in [0.4, 0.5) is 0 Å². The lowest BCUT2D eigenvalue weighted by Crippen LogP contribution is -2.33. The molecule has 2 atom stereocenters. The van der Waals surface area contributed by atoms with Crippen molar-refractivity contribution in [2.45, 2.75) is 39.7 Å². The van der Waals surface area contributed by atoms with E-state index in [-0.39, 0.29) is 11.9 Å². The number of nitrogens with zero attached hydrogens (tertiary/aromatic N) is 1. The third-order valence-electron chi connectivity index (χ3n) is 3.82. The van der Waals surface area contributed by atoms with E-state index in [1.54, 1.807) is 6.20 Å². The molecule has 0 aliphatic carbocycles. The van der Waals surface area contributed by atoms with Crippen molar-refractivity contribution in [3.05, 3.63) is 41.2 Å². The zero-order chi connectivity index (χ0) is 15.4. The number of benzene rings is 1. The number of carbonyl (C=O) groups excluding carboxylic acids is 1. The summed E-state index contributed by atoms with van der Waals surface area (Å²) >= 11 is 6.08. The normalized spacial score (nSPS) is 13.9. The topological polar surface area (TPSA) is 42.0 Å². The zero-order valence-electron chi connectivity index (χ0n) is 12.7. The van der Waals surface area contributed by atoms with Gasteiger partial charge in [0.1, 0.15) is 5.15 Å². The second kappa shape index (κ2) is 6.90. The molecule has 0 aliphatic rings. The highest BCUT2D eigenvalue weighted by atomic mass is 35.5. The molecule has 0 saturated carbocycles. The van der Waals surface area contributed by atoms with Crippen LogP contribution in [0.1, 0.15) is 44.0 Å². The van der Waals surface area contributed by atoms with Crippen molar-refractivity contribution >= 4 is 28.3 Å². The molecule has 3 nitrogen and oxygen atoms in total. The predicted molar refractivity (Wildman–Crippen MR) is 87.8 cm³/mol. The molecule has 0 saturated heterocycles. The van der Waals surface area contributed by atoms with Gasteiger partial charge in [0.05, 0.1) is 5.56 Å². The highest BCUT2D eigenvalue weighted by Gasteiger charge is 2.15. The van der Waals surface area contributed by atoms with Crippen LogP contribution in [0, 0.1) is 5.92 Å². The van der Waals surface area contributed by atoms with E-state index in [1.807, 2.05) is 31.2 Å². The second-order valence-electron chi connectivity index (χ2n) is 5.63. The summed E-state index contributed by atoms with van der Waals surface area (Å²) in [4.78, 5) is 16.6. The van der Waals surface area contributed by atoms with Crippen molar-refractivity contribution in [3.63, 3.8) is 0 Å². The van der Waals surface area contributed by atoms with E-state index >= 15 is 0 Å². The highest BCUT2D eigenvalue weighted by Crippen LogP contribution is 2.24. The van der Waals surface area contributed by atoms with Crippen LogP contribution in [0.15, 0.2) is 30.5 Å². The molecule has 2 rings (SSSR count). The Bertz CT molecular complexity index is 642. The summed E-state index contributed by atoms with van der Waals surface area (Å²) in [7, 11) is 0. The minimum absolute atomic E-state index is 0.0915. The van der Waals surface area contributed by atoms with Crippen LogP contribution in [0.5, 0.6) is 0 Å². The number of fused-ring (bicyclic) bond motifs is 1. The molecule has 2 unspecified atom stereocenters. The van der Waals surface area contributed by atoms with Gasteiger partial charge < -0.3 is 5.32 Å². The number of amides is 1. The average Bonchev–Trinajstić information content (AvgIpc) is 2.47. The molecular formula is C17H21ClN2O. The number of hydrogen-bond acceptors (Lipinski definition) is 2. The Morgan fingerprint density at radius 3 is 2.62 bits per heavy atom. The lowest BCUT2D eigenvalue weighted by atomic mass is 10.00. The first kappa shape index (κ1) is 15.8. The number of carbonyl (C=O) groups is 1. The zero-order valence-corrected chi connectivity index (χ0v) is 13.4. The van der Waals surface area contributed by atoms with E-state index in [1.165, 1.54) is 0 Å². The molecule has 112 valence electrons. The molecule has 4 heteroatoms. The van der Waals surface area contributed by atoms with Crippen molar-refractivity contribution in [2.75, 3.05) is 0 Å². The molecule has 0 radical (unpaired) electrons. The summed E-state index contributed by atoms with van der Waals surface area (Å²) in [6.07, 6.45) is 3.64. The lowest BCUT2D eigenvalue weighted by Gasteiger charge is -2.18. The fraction of sp³-hybridized carbons (Fsp3) is 0.412. The maximum atomic E-state index is 12.5. The third-order valence-corrected chi connectivity index (χ3v) is 4.12. The fourth-order valence-electron chi connectivity index (χ4n) is 2.47. The summed E-state index contributed by atoms with van der Waals surface area (Å²) in [5.74, 6) is 0.506. The van der Waals surface area contributed by atoms with Gasteiger partial charge in [0.15, 0.2) is 0 Å². The molecule has 0 fully saturated rings. The summed E-state index contributed by atoms with van der Waals surface area (Å²) in [5.41, 5.74) is 0.575. The van der Waals surface area contributed by atoms with Crippen LogP contribution in [0.25, 0.3) is 10.8 Å². The summed E-state index contributed by atoms with van der Waals surface area (Å²) < 4.78 is 0. The summed E-state index contributed by atoms with van der Waals surface area (Å²) in [5, 5.41) is 5.12. The van der Waals surface area contributed by atoms with Crippen LogP contribution in [0.2, 0.25) is 5.15 Å². The molecule has 21 heavy (non-hydrogen) atoms. The van der Waals surface area contributed by atoms with Crippen LogP contribution in [-0.2, 0) is 0 Å². The van der Waals surface area contributed by atoms with E-state index in [0.29, 0.717) is 16.6 Å². The Morgan fingerprint density at radius 2 is 1.95 bits per heavy atom. The van der Waals surface area contributed by atoms with Gasteiger partial charge in [0.2, 0.25) is 0 Å². The van der Waals surface area contributed by atoms with Gasteiger partial charge in [-0.3, -0.25) is 4.79 Å². The monoisotopic (exact) mass is 304 g/mol. The number of aromatic nitrogens is 1. The Kier molecular flexibility index (Phi) is 5.18. The molecule has 1 aromatic carbocycles. The molecule has 1 N–H and O–H groups in total. The van der Waals surface area contributed by atoms with Gasteiger partial charge in [-0.05, 0) is 24.6 Å². The van der Waals surface area contributed by atoms with Crippen LogP contribution in [0.3, 0.4) is 0 Å². The number of nitrogens with one attached hydrogen (secondary N) is 1. The smallest absolute Gasteiger partial charge is 0.253 e. The molecule has 1 amide bonds. The van der Waals surface area contributed by atoms with E-state index < -0.39 is 0 Å². The second-order valence-corrected chi connectivity index (χ2v) is 5.99. The van der Waals surface area contributed by atoms with Gasteiger partial charge in [0, 0.05) is 17.6 Å². The minimum Gasteiger partial charge on any atom is -0.350 e. The Hall–Kier alpha value is -1.61. The molecule has 0 aliphatic heterocycles. The van der Waals surface area contributed by atoms with Crippen molar-refractivity contribution in [2.24, 2.45) is 5.92 Å². The lowest BCUT2D eigenvalue weighted by molar-refractivity contribution is 0.0936. The van der Waals surface area contributed by atoms with Crippen molar-refractivity contribution in [1.29, 1.82) is 0 Å². The first-order chi connectivity index (χ1) is 10.0. The van der Waals surface area contributed by atoms with E-state index in [9.17, 15) is 4.79 Å². The maximum Gasteiger partial charge on any atom is 0.253 e. The number of hydrogen-bond donors (Lipinski definition) is 1. The molecule has 1 aromatic heterocycles. The molecular weight excluding hydrogens is 284 g/mol. The molecule has 1 heterocycles. The maximum absolute atomic E-state index is 12.5. The van der Waals surface area contributed by atoms with Crippen molar-refractivity contribution < 1.29 is 4.79 Å². The van der Waals surface area contributed by atoms with E-state index in [4.69, 9.17) is 11.6 Å². The standard InChI is InChI=1S/C17H21ClN2O/c1-4-11(2)9-12(3)20-17(21)15-10-19-16(18)14-8-6-5-7-13(14)15/h5-8,10-12H,4,9H2,1-3H3,(H,20,21). The number of rotatable bonds is 5. The van der Waals surface area contributed by atoms with Gasteiger partial charge in [-0.2, -0.15) is 0 Å². The average molecular weight is 305 g/mol. The highest BCUT2D eigenvalue weighted by molar-refractivity contribution is 6.34. The Balaban J connectivity index is 2.22. The minimum atomic E-state index is -0.0915. The largest absolute Gasteiger partial charge is 0.350 e. The predicted octanol–water partition coefficient (Wildman–Crippen LogP) is 4.44. The van der Waals surface area contributed by atoms with Crippen LogP contribution < -0.4 is 5.32 Å². The van der Waals surface area contributed by atoms with Gasteiger partial charge >= 0.3 is 0 Å². The quantitative estimate of drug-likeness (QED) is 0.830. The Labute approximate surface area is 130 Å². The van der Waals surface area contributed by atoms with Gasteiger partial charge in [-0.15, -0.1) is 0 Å². The van der Waals surface area contributed by atoms with Gasteiger partial charge in [-0.25, -0.2) is 4.98 Å². The van der Waals surface area contributed by atoms with Crippen LogP contribution in [-0.4, -0.2) is 16.9 Å². The van der Waals surface area contributed by atoms with E-state index in [2.05, 4.69) is 24.1 Å². The number of halogens is 1. The first-order valence-electron chi connectivity index (χ1n) is 7.37. The molecule has 0 bridgehead atoms. The first-order valence-corrected chi connectivity index (χ1v) is 7.74. The number of pyridine rings is 1. The van der Waals surface area contributed by atoms with E-state index in [0.717, 1.165) is 23.6 Å². The fourth-order valence-corrected chi connectivity index (χ4v) is 2.68. The Morgan fingerprint density at radius 1 is 1.29 bits per heavy atom. The molecule has 2 aromatic rings. The van der Waals surface area contributed by atoms with Crippen LogP contribution >= 0.6 is 11.6 Å². The van der Waals surface area contributed by atoms with Crippen molar-refractivity contribution in [3.8, 4) is 0 Å². The van der Waals surface area contributed by atoms with Crippen molar-refractivity contribution in [1.82, 2.24) is 10.3 Å². The summed E-state index contributed by atoms with van der Waals surface area (Å²) in [6, 6.07) is 7.71. The van der Waals surface area contributed by atoms with Gasteiger partial charge in [-0.1, -0.05) is 56.1 Å². The van der Waals surface area contributed by atoms with Gasteiger partial charge in [0.25, 0.3) is 5.91 Å². The third kappa shape index (κ3) is 3.73. The molecule has 0 spiro atoms. The summed E-state index contributed by atoms with van der Waals surface area (Å²) in [6.45, 7) is 6.40. The SMILES string of the molecule is CCC(C)CC(C)NC(=O)c1cnc(Cl)c2ccccc12.